The number of hydrogen-bond acceptors (Lipinski definition) is 11. The van der Waals surface area contributed by atoms with Crippen LogP contribution >= 0.6 is 11.3 Å². The molecule has 1 aliphatic carbocycles. The summed E-state index contributed by atoms with van der Waals surface area (Å²) >= 11 is 1.38. The van der Waals surface area contributed by atoms with Crippen LogP contribution in [0.3, 0.4) is 0 Å². The van der Waals surface area contributed by atoms with Gasteiger partial charge in [0.2, 0.25) is 11.8 Å². The lowest BCUT2D eigenvalue weighted by Crippen LogP contribution is -2.58. The minimum absolute atomic E-state index is 0.0596. The smallest absolute Gasteiger partial charge is 0.313 e. The molecule has 0 spiro atoms. The molecule has 0 saturated carbocycles. The highest BCUT2D eigenvalue weighted by atomic mass is 32.1. The van der Waals surface area contributed by atoms with Crippen molar-refractivity contribution < 1.29 is 33.4 Å². The molecule has 4 N–H and O–H groups in total. The number of piperidine rings is 1. The SMILES string of the molecule is CCCO[C@H](CC(C(C)C)N(CCC)C(=O)[C@@H](NC(=O)[C@H]1CCCCN1C)[C@@H](C)CC)c1nc(C(=O)N[C@H]2Cc3ccc(OCCCCN)cc3[C@H](C(=O)OCc3ccccc3)C2)cs1. The number of nitrogens with one attached hydrogen (secondary N) is 2. The van der Waals surface area contributed by atoms with Gasteiger partial charge in [0.05, 0.1) is 18.6 Å². The van der Waals surface area contributed by atoms with Crippen molar-refractivity contribution in [1.29, 1.82) is 0 Å². The molecule has 1 aliphatic heterocycles. The molecule has 1 aromatic heterocycles. The van der Waals surface area contributed by atoms with Crippen molar-refractivity contribution in [2.24, 2.45) is 17.6 Å². The van der Waals surface area contributed by atoms with Gasteiger partial charge >= 0.3 is 5.97 Å². The van der Waals surface area contributed by atoms with Crippen molar-refractivity contribution in [3.8, 4) is 5.75 Å². The number of carbonyl (C=O) groups excluding carboxylic acids is 4. The van der Waals surface area contributed by atoms with Gasteiger partial charge in [0, 0.05) is 37.0 Å². The zero-order valence-electron chi connectivity index (χ0n) is 40.0. The second-order valence-corrected chi connectivity index (χ2v) is 19.2. The predicted octanol–water partition coefficient (Wildman–Crippen LogP) is 7.97. The number of hydrogen-bond donors (Lipinski definition) is 3. The van der Waals surface area contributed by atoms with E-state index in [1.165, 1.54) is 11.3 Å². The van der Waals surface area contributed by atoms with Crippen LogP contribution in [0.1, 0.15) is 150 Å². The Bertz CT molecular complexity index is 1960. The Morgan fingerprint density at radius 3 is 2.48 bits per heavy atom. The normalized spacial score (nSPS) is 19.4. The van der Waals surface area contributed by atoms with Gasteiger partial charge in [-0.15, -0.1) is 11.3 Å². The average Bonchev–Trinajstić information content (AvgIpc) is 3.81. The van der Waals surface area contributed by atoms with E-state index in [2.05, 4.69) is 50.2 Å². The van der Waals surface area contributed by atoms with E-state index in [-0.39, 0.29) is 66.0 Å². The van der Waals surface area contributed by atoms with Gasteiger partial charge in [-0.25, -0.2) is 4.98 Å². The van der Waals surface area contributed by atoms with Crippen LogP contribution in [-0.4, -0.2) is 103 Å². The number of rotatable bonds is 25. The van der Waals surface area contributed by atoms with Crippen LogP contribution in [0.4, 0.5) is 0 Å². The number of esters is 1. The number of likely N-dealkylation sites (N-methyl/N-ethyl adjacent to an activating group) is 1. The fourth-order valence-electron chi connectivity index (χ4n) is 9.01. The molecule has 1 fully saturated rings. The van der Waals surface area contributed by atoms with Crippen molar-refractivity contribution >= 4 is 35.0 Å². The summed E-state index contributed by atoms with van der Waals surface area (Å²) in [6.45, 7) is 15.6. The molecule has 358 valence electrons. The first-order valence-electron chi connectivity index (χ1n) is 24.2. The molecule has 65 heavy (non-hydrogen) atoms. The van der Waals surface area contributed by atoms with Crippen molar-refractivity contribution in [2.45, 2.75) is 155 Å². The highest BCUT2D eigenvalue weighted by Gasteiger charge is 2.39. The van der Waals surface area contributed by atoms with E-state index < -0.39 is 18.1 Å². The maximum atomic E-state index is 14.8. The Labute approximate surface area is 391 Å². The highest BCUT2D eigenvalue weighted by Crippen LogP contribution is 2.37. The van der Waals surface area contributed by atoms with E-state index in [1.54, 1.807) is 5.38 Å². The number of benzene rings is 2. The minimum Gasteiger partial charge on any atom is -0.494 e. The van der Waals surface area contributed by atoms with Crippen LogP contribution in [0.2, 0.25) is 0 Å². The van der Waals surface area contributed by atoms with E-state index in [1.807, 2.05) is 67.4 Å². The van der Waals surface area contributed by atoms with E-state index in [9.17, 15) is 19.2 Å². The standard InChI is InChI=1S/C51H76N6O7S/c1-8-24-57(50(60)46(35(6)10-3)55-48(59)43-20-14-16-25-56(43)7)44(34(4)5)31-45(63-26-9-2)49-54-42(33-65-49)47(58)53-38-28-37-21-22-39(62-27-17-15-23-52)30-40(37)41(29-38)51(61)64-32-36-18-12-11-13-19-36/h11-13,18-19,21-22,30,33-35,38,41,43-46H,8-10,14-17,20,23-29,31-32,52H2,1-7H3,(H,53,58)(H,55,59)/t35-,38-,41+,43+,44?,45+,46-/m0/s1. The van der Waals surface area contributed by atoms with Crippen LogP contribution in [0, 0.1) is 11.8 Å². The molecule has 2 aliphatic rings. The molecule has 3 amide bonds. The summed E-state index contributed by atoms with van der Waals surface area (Å²) in [6.07, 6.45) is 7.74. The van der Waals surface area contributed by atoms with Gasteiger partial charge in [-0.3, -0.25) is 24.1 Å². The van der Waals surface area contributed by atoms with E-state index in [0.29, 0.717) is 56.3 Å². The van der Waals surface area contributed by atoms with Crippen molar-refractivity contribution in [2.75, 3.05) is 39.9 Å². The van der Waals surface area contributed by atoms with Gasteiger partial charge in [0.1, 0.15) is 35.2 Å². The first-order valence-corrected chi connectivity index (χ1v) is 25.1. The topological polar surface area (TPSA) is 165 Å². The number of ether oxygens (including phenoxy) is 3. The average molecular weight is 917 g/mol. The second kappa shape index (κ2) is 26.1. The van der Waals surface area contributed by atoms with Crippen molar-refractivity contribution in [3.05, 3.63) is 81.3 Å². The van der Waals surface area contributed by atoms with Crippen molar-refractivity contribution in [1.82, 2.24) is 25.4 Å². The number of likely N-dealkylation sites (tertiary alicyclic amines) is 1. The van der Waals surface area contributed by atoms with E-state index in [4.69, 9.17) is 24.9 Å². The lowest BCUT2D eigenvalue weighted by atomic mass is 9.80. The number of unbranched alkanes of at least 4 members (excludes halogenated alkanes) is 1. The molecule has 3 aromatic rings. The Morgan fingerprint density at radius 1 is 1.00 bits per heavy atom. The highest BCUT2D eigenvalue weighted by molar-refractivity contribution is 7.09. The lowest BCUT2D eigenvalue weighted by Gasteiger charge is -2.40. The summed E-state index contributed by atoms with van der Waals surface area (Å²) in [4.78, 5) is 65.3. The third-order valence-corrected chi connectivity index (χ3v) is 13.9. The molecule has 2 heterocycles. The summed E-state index contributed by atoms with van der Waals surface area (Å²) in [5.74, 6) is -0.744. The monoisotopic (exact) mass is 917 g/mol. The van der Waals surface area contributed by atoms with Gasteiger partial charge in [-0.2, -0.15) is 0 Å². The first-order chi connectivity index (χ1) is 31.4. The molecule has 1 saturated heterocycles. The summed E-state index contributed by atoms with van der Waals surface area (Å²) in [5.41, 5.74) is 8.65. The number of fused-ring (bicyclic) bond motifs is 1. The van der Waals surface area contributed by atoms with Crippen LogP contribution in [-0.2, 0) is 36.9 Å². The molecule has 2 aromatic carbocycles. The van der Waals surface area contributed by atoms with Gasteiger partial charge in [-0.1, -0.05) is 90.8 Å². The summed E-state index contributed by atoms with van der Waals surface area (Å²) in [6, 6.07) is 13.9. The minimum atomic E-state index is -0.653. The van der Waals surface area contributed by atoms with Crippen molar-refractivity contribution in [3.63, 3.8) is 0 Å². The Morgan fingerprint density at radius 2 is 1.78 bits per heavy atom. The summed E-state index contributed by atoms with van der Waals surface area (Å²) in [7, 11) is 1.99. The van der Waals surface area contributed by atoms with E-state index >= 15 is 0 Å². The maximum Gasteiger partial charge on any atom is 0.313 e. The Balaban J connectivity index is 1.33. The number of aromatic nitrogens is 1. The summed E-state index contributed by atoms with van der Waals surface area (Å²) < 4.78 is 18.4. The largest absolute Gasteiger partial charge is 0.494 e. The summed E-state index contributed by atoms with van der Waals surface area (Å²) in [5, 5.41) is 8.84. The number of amides is 3. The van der Waals surface area contributed by atoms with Gasteiger partial charge in [0.15, 0.2) is 0 Å². The molecule has 14 heteroatoms. The second-order valence-electron chi connectivity index (χ2n) is 18.3. The first kappa shape index (κ1) is 51.6. The molecule has 5 rings (SSSR count). The fourth-order valence-corrected chi connectivity index (χ4v) is 9.87. The molecule has 0 bridgehead atoms. The Hall–Kier alpha value is -4.37. The molecule has 0 radical (unpaired) electrons. The van der Waals surface area contributed by atoms with Crippen LogP contribution < -0.4 is 21.1 Å². The third-order valence-electron chi connectivity index (χ3n) is 13.0. The van der Waals surface area contributed by atoms with Crippen LogP contribution in [0.15, 0.2) is 53.9 Å². The molecular formula is C51H76N6O7S. The third kappa shape index (κ3) is 14.6. The fraction of sp³-hybridized carbons (Fsp3) is 0.627. The molecule has 1 unspecified atom stereocenters. The molecular weight excluding hydrogens is 841 g/mol. The maximum absolute atomic E-state index is 14.8. The van der Waals surface area contributed by atoms with Gasteiger partial charge in [-0.05, 0) is 112 Å². The predicted molar refractivity (Wildman–Crippen MR) is 257 cm³/mol. The zero-order chi connectivity index (χ0) is 46.9. The number of thiazole rings is 1. The zero-order valence-corrected chi connectivity index (χ0v) is 40.8. The van der Waals surface area contributed by atoms with Gasteiger partial charge < -0.3 is 35.5 Å². The molecule has 13 nitrogen and oxygen atoms in total. The quantitative estimate of drug-likeness (QED) is 0.0561. The lowest BCUT2D eigenvalue weighted by molar-refractivity contribution is -0.147. The number of carbonyl (C=O) groups is 4. The van der Waals surface area contributed by atoms with Gasteiger partial charge in [0.25, 0.3) is 5.91 Å². The van der Waals surface area contributed by atoms with Crippen LogP contribution in [0.25, 0.3) is 0 Å². The number of nitrogens with two attached hydrogens (primary N) is 1. The van der Waals surface area contributed by atoms with E-state index in [0.717, 1.165) is 74.6 Å². The molecule has 7 atom stereocenters. The number of nitrogens with zero attached hydrogens (tertiary/aromatic N) is 3. The Kier molecular flexibility index (Phi) is 20.7. The van der Waals surface area contributed by atoms with Crippen LogP contribution in [0.5, 0.6) is 5.75 Å².